The van der Waals surface area contributed by atoms with Crippen LogP contribution < -0.4 is 5.32 Å². The first-order chi connectivity index (χ1) is 8.20. The van der Waals surface area contributed by atoms with Gasteiger partial charge in [0.25, 0.3) is 0 Å². The molecule has 0 saturated carbocycles. The second-order valence-corrected chi connectivity index (χ2v) is 5.81. The van der Waals surface area contributed by atoms with Gasteiger partial charge in [0.1, 0.15) is 0 Å². The Morgan fingerprint density at radius 2 is 2.00 bits per heavy atom. The van der Waals surface area contributed by atoms with Crippen molar-refractivity contribution in [1.82, 2.24) is 10.2 Å². The third-order valence-electron chi connectivity index (χ3n) is 4.24. The number of alkyl halides is 1. The standard InChI is InChI=1S/C13H23ClN2O/c1-16-11-4-2-5-12(16)9-10(8-11)15-13(17)6-3-7-14/h10-12H,2-9H2,1H3,(H,15,17). The average Bonchev–Trinajstić information content (AvgIpc) is 2.28. The van der Waals surface area contributed by atoms with Crippen LogP contribution in [0.5, 0.6) is 0 Å². The number of piperidine rings is 2. The summed E-state index contributed by atoms with van der Waals surface area (Å²) in [6.07, 6.45) is 7.55. The van der Waals surface area contributed by atoms with E-state index in [1.807, 2.05) is 0 Å². The molecule has 0 aromatic heterocycles. The van der Waals surface area contributed by atoms with Gasteiger partial charge >= 0.3 is 0 Å². The molecule has 2 unspecified atom stereocenters. The van der Waals surface area contributed by atoms with Gasteiger partial charge in [-0.15, -0.1) is 11.6 Å². The number of hydrogen-bond acceptors (Lipinski definition) is 2. The van der Waals surface area contributed by atoms with Gasteiger partial charge in [-0.3, -0.25) is 4.79 Å². The van der Waals surface area contributed by atoms with Crippen molar-refractivity contribution in [2.45, 2.75) is 63.1 Å². The van der Waals surface area contributed by atoms with E-state index >= 15 is 0 Å². The van der Waals surface area contributed by atoms with Crippen LogP contribution in [0.15, 0.2) is 0 Å². The third-order valence-corrected chi connectivity index (χ3v) is 4.51. The van der Waals surface area contributed by atoms with Crippen LogP contribution >= 0.6 is 11.6 Å². The van der Waals surface area contributed by atoms with E-state index in [1.54, 1.807) is 0 Å². The highest BCUT2D eigenvalue weighted by Crippen LogP contribution is 2.32. The lowest BCUT2D eigenvalue weighted by atomic mass is 9.82. The Kier molecular flexibility index (Phi) is 4.69. The molecule has 1 N–H and O–H groups in total. The summed E-state index contributed by atoms with van der Waals surface area (Å²) in [6.45, 7) is 0. The van der Waals surface area contributed by atoms with Crippen LogP contribution in [0.25, 0.3) is 0 Å². The Hall–Kier alpha value is -0.280. The zero-order valence-corrected chi connectivity index (χ0v) is 11.4. The first-order valence-corrected chi connectivity index (χ1v) is 7.31. The Bertz CT molecular complexity index is 258. The highest BCUT2D eigenvalue weighted by atomic mass is 35.5. The average molecular weight is 259 g/mol. The predicted octanol–water partition coefficient (Wildman–Crippen LogP) is 2.14. The summed E-state index contributed by atoms with van der Waals surface area (Å²) >= 11 is 5.60. The van der Waals surface area contributed by atoms with Crippen molar-refractivity contribution in [1.29, 1.82) is 0 Å². The van der Waals surface area contributed by atoms with Crippen molar-refractivity contribution < 1.29 is 4.79 Å². The molecule has 2 aliphatic heterocycles. The van der Waals surface area contributed by atoms with Gasteiger partial charge in [0.2, 0.25) is 5.91 Å². The van der Waals surface area contributed by atoms with Gasteiger partial charge in [-0.25, -0.2) is 0 Å². The molecule has 2 fully saturated rings. The van der Waals surface area contributed by atoms with Crippen molar-refractivity contribution in [2.24, 2.45) is 0 Å². The van der Waals surface area contributed by atoms with Gasteiger partial charge < -0.3 is 10.2 Å². The Balaban J connectivity index is 1.81. The maximum atomic E-state index is 11.7. The largest absolute Gasteiger partial charge is 0.353 e. The van der Waals surface area contributed by atoms with Crippen LogP contribution in [-0.4, -0.2) is 41.9 Å². The zero-order valence-electron chi connectivity index (χ0n) is 10.6. The van der Waals surface area contributed by atoms with Crippen molar-refractivity contribution in [3.8, 4) is 0 Å². The highest BCUT2D eigenvalue weighted by Gasteiger charge is 2.36. The van der Waals surface area contributed by atoms with Gasteiger partial charge in [0, 0.05) is 30.4 Å². The molecule has 4 heteroatoms. The molecule has 0 aliphatic carbocycles. The van der Waals surface area contributed by atoms with E-state index in [0.29, 0.717) is 30.4 Å². The fourth-order valence-corrected chi connectivity index (χ4v) is 3.39. The molecule has 1 amide bonds. The molecule has 2 bridgehead atoms. The molecule has 17 heavy (non-hydrogen) atoms. The Labute approximate surface area is 109 Å². The minimum atomic E-state index is 0.179. The normalized spacial score (nSPS) is 33.4. The SMILES string of the molecule is CN1C2CCCC1CC(NC(=O)CCCCl)C2. The number of halogens is 1. The smallest absolute Gasteiger partial charge is 0.220 e. The van der Waals surface area contributed by atoms with E-state index in [4.69, 9.17) is 11.6 Å². The number of nitrogens with one attached hydrogen (secondary N) is 1. The monoisotopic (exact) mass is 258 g/mol. The Morgan fingerprint density at radius 3 is 2.59 bits per heavy atom. The third kappa shape index (κ3) is 3.35. The van der Waals surface area contributed by atoms with Crippen molar-refractivity contribution in [3.05, 3.63) is 0 Å². The number of rotatable bonds is 4. The molecule has 0 spiro atoms. The van der Waals surface area contributed by atoms with Crippen LogP contribution in [0, 0.1) is 0 Å². The van der Waals surface area contributed by atoms with Crippen molar-refractivity contribution >= 4 is 17.5 Å². The highest BCUT2D eigenvalue weighted by molar-refractivity contribution is 6.17. The first kappa shape index (κ1) is 13.2. The topological polar surface area (TPSA) is 32.3 Å². The van der Waals surface area contributed by atoms with Gasteiger partial charge in [-0.2, -0.15) is 0 Å². The summed E-state index contributed by atoms with van der Waals surface area (Å²) in [5, 5.41) is 3.18. The quantitative estimate of drug-likeness (QED) is 0.784. The molecule has 2 saturated heterocycles. The molecule has 2 rings (SSSR count). The lowest BCUT2D eigenvalue weighted by Gasteiger charge is -2.47. The zero-order chi connectivity index (χ0) is 12.3. The minimum Gasteiger partial charge on any atom is -0.353 e. The van der Waals surface area contributed by atoms with E-state index in [0.717, 1.165) is 19.3 Å². The molecule has 2 aliphatic rings. The maximum absolute atomic E-state index is 11.7. The van der Waals surface area contributed by atoms with Crippen molar-refractivity contribution in [2.75, 3.05) is 12.9 Å². The summed E-state index contributed by atoms with van der Waals surface area (Å²) in [5.41, 5.74) is 0. The lowest BCUT2D eigenvalue weighted by molar-refractivity contribution is -0.122. The number of nitrogens with zero attached hydrogens (tertiary/aromatic N) is 1. The van der Waals surface area contributed by atoms with Crippen molar-refractivity contribution in [3.63, 3.8) is 0 Å². The molecule has 0 aromatic rings. The summed E-state index contributed by atoms with van der Waals surface area (Å²) in [7, 11) is 2.24. The van der Waals surface area contributed by atoms with E-state index in [9.17, 15) is 4.79 Å². The predicted molar refractivity (Wildman–Crippen MR) is 70.3 cm³/mol. The van der Waals surface area contributed by atoms with E-state index < -0.39 is 0 Å². The van der Waals surface area contributed by atoms with Crippen LogP contribution in [0.1, 0.15) is 44.9 Å². The van der Waals surface area contributed by atoms with E-state index in [1.165, 1.54) is 19.3 Å². The van der Waals surface area contributed by atoms with Gasteiger partial charge in [0.05, 0.1) is 0 Å². The summed E-state index contributed by atoms with van der Waals surface area (Å²) in [6, 6.07) is 1.76. The number of fused-ring (bicyclic) bond motifs is 2. The first-order valence-electron chi connectivity index (χ1n) is 6.78. The second kappa shape index (κ2) is 6.05. The molecule has 0 aromatic carbocycles. The minimum absolute atomic E-state index is 0.179. The number of carbonyl (C=O) groups is 1. The lowest BCUT2D eigenvalue weighted by Crippen LogP contribution is -2.55. The number of hydrogen-bond donors (Lipinski definition) is 1. The molecular weight excluding hydrogens is 236 g/mol. The molecular formula is C13H23ClN2O. The molecule has 98 valence electrons. The fourth-order valence-electron chi connectivity index (χ4n) is 3.26. The van der Waals surface area contributed by atoms with Crippen LogP contribution in [0.2, 0.25) is 0 Å². The molecule has 0 radical (unpaired) electrons. The number of amides is 1. The second-order valence-electron chi connectivity index (χ2n) is 5.43. The molecule has 2 atom stereocenters. The van der Waals surface area contributed by atoms with Crippen LogP contribution in [0.4, 0.5) is 0 Å². The van der Waals surface area contributed by atoms with E-state index in [-0.39, 0.29) is 5.91 Å². The van der Waals surface area contributed by atoms with Gasteiger partial charge in [-0.1, -0.05) is 6.42 Å². The van der Waals surface area contributed by atoms with Crippen LogP contribution in [0.3, 0.4) is 0 Å². The fraction of sp³-hybridized carbons (Fsp3) is 0.923. The maximum Gasteiger partial charge on any atom is 0.220 e. The molecule has 2 heterocycles. The number of carbonyl (C=O) groups excluding carboxylic acids is 1. The summed E-state index contributed by atoms with van der Waals surface area (Å²) < 4.78 is 0. The van der Waals surface area contributed by atoms with Gasteiger partial charge in [0.15, 0.2) is 0 Å². The van der Waals surface area contributed by atoms with Gasteiger partial charge in [-0.05, 0) is 39.2 Å². The van der Waals surface area contributed by atoms with E-state index in [2.05, 4.69) is 17.3 Å². The Morgan fingerprint density at radius 1 is 1.35 bits per heavy atom. The summed E-state index contributed by atoms with van der Waals surface area (Å²) in [4.78, 5) is 14.2. The summed E-state index contributed by atoms with van der Waals surface area (Å²) in [5.74, 6) is 0.754. The van der Waals surface area contributed by atoms with Crippen LogP contribution in [-0.2, 0) is 4.79 Å². The molecule has 3 nitrogen and oxygen atoms in total.